The summed E-state index contributed by atoms with van der Waals surface area (Å²) in [5, 5.41) is 3.45. The molecule has 0 saturated heterocycles. The largest absolute Gasteiger partial charge is 0.469 e. The molecule has 0 bridgehead atoms. The first-order valence-corrected chi connectivity index (χ1v) is 6.48. The van der Waals surface area contributed by atoms with Gasteiger partial charge in [-0.2, -0.15) is 0 Å². The summed E-state index contributed by atoms with van der Waals surface area (Å²) in [6.45, 7) is 1.55. The van der Waals surface area contributed by atoms with Crippen molar-refractivity contribution in [2.24, 2.45) is 0 Å². The first-order valence-electron chi connectivity index (χ1n) is 5.72. The van der Waals surface area contributed by atoms with Crippen molar-refractivity contribution >= 4 is 35.1 Å². The van der Waals surface area contributed by atoms with Crippen LogP contribution in [-0.4, -0.2) is 19.0 Å². The molecule has 0 radical (unpaired) electrons. The third-order valence-electron chi connectivity index (χ3n) is 2.43. The minimum atomic E-state index is -0.605. The first-order chi connectivity index (χ1) is 9.46. The van der Waals surface area contributed by atoms with Gasteiger partial charge in [-0.15, -0.1) is 0 Å². The van der Waals surface area contributed by atoms with Gasteiger partial charge in [-0.3, -0.25) is 9.59 Å². The van der Waals surface area contributed by atoms with E-state index in [2.05, 4.69) is 21.9 Å². The number of hydrogen-bond acceptors (Lipinski definition) is 3. The van der Waals surface area contributed by atoms with E-state index in [-0.39, 0.29) is 6.42 Å². The molecule has 1 aromatic rings. The fraction of sp³-hybridized carbons (Fsp3) is 0.286. The van der Waals surface area contributed by atoms with Crippen molar-refractivity contribution in [3.05, 3.63) is 33.8 Å². The number of carbonyl (C=O) groups excluding carboxylic acids is 2. The summed E-state index contributed by atoms with van der Waals surface area (Å²) in [7, 11) is 1.28. The standard InChI is InChI=1S/C14H13Cl2NO3/c1-3-4-13(18)17-12(8-14(19)20-2)9-5-10(15)7-11(16)6-9/h5-7,12H,8H2,1-2H3,(H,17,18)/t12-/m0/s1. The quantitative estimate of drug-likeness (QED) is 0.687. The molecule has 0 aliphatic rings. The second-order valence-electron chi connectivity index (χ2n) is 3.88. The Morgan fingerprint density at radius 3 is 2.40 bits per heavy atom. The Balaban J connectivity index is 3.04. The van der Waals surface area contributed by atoms with Crippen LogP contribution in [0, 0.1) is 11.8 Å². The Labute approximate surface area is 127 Å². The van der Waals surface area contributed by atoms with Gasteiger partial charge in [0.2, 0.25) is 0 Å². The van der Waals surface area contributed by atoms with E-state index in [1.807, 2.05) is 0 Å². The smallest absolute Gasteiger partial charge is 0.307 e. The van der Waals surface area contributed by atoms with Gasteiger partial charge in [0.25, 0.3) is 5.91 Å². The normalized spacial score (nSPS) is 11.0. The molecule has 0 aliphatic carbocycles. The Morgan fingerprint density at radius 2 is 1.90 bits per heavy atom. The maximum atomic E-state index is 11.6. The number of carbonyl (C=O) groups is 2. The number of amides is 1. The summed E-state index contributed by atoms with van der Waals surface area (Å²) in [6.07, 6.45) is -0.0374. The molecule has 4 nitrogen and oxygen atoms in total. The topological polar surface area (TPSA) is 55.4 Å². The molecule has 1 amide bonds. The fourth-order valence-electron chi connectivity index (χ4n) is 1.59. The average molecular weight is 314 g/mol. The van der Waals surface area contributed by atoms with Gasteiger partial charge in [0.15, 0.2) is 0 Å². The number of halogens is 2. The maximum absolute atomic E-state index is 11.6. The lowest BCUT2D eigenvalue weighted by Gasteiger charge is -2.17. The van der Waals surface area contributed by atoms with Crippen molar-refractivity contribution in [1.29, 1.82) is 0 Å². The van der Waals surface area contributed by atoms with Crippen molar-refractivity contribution in [3.8, 4) is 11.8 Å². The van der Waals surface area contributed by atoms with Crippen LogP contribution in [-0.2, 0) is 14.3 Å². The molecule has 0 aliphatic heterocycles. The predicted molar refractivity (Wildman–Crippen MR) is 77.4 cm³/mol. The fourth-order valence-corrected chi connectivity index (χ4v) is 2.13. The summed E-state index contributed by atoms with van der Waals surface area (Å²) in [4.78, 5) is 23.0. The van der Waals surface area contributed by atoms with Crippen LogP contribution >= 0.6 is 23.2 Å². The molecule has 20 heavy (non-hydrogen) atoms. The van der Waals surface area contributed by atoms with Crippen LogP contribution in [0.1, 0.15) is 24.9 Å². The lowest BCUT2D eigenvalue weighted by Crippen LogP contribution is -2.29. The highest BCUT2D eigenvalue weighted by molar-refractivity contribution is 6.34. The highest BCUT2D eigenvalue weighted by atomic mass is 35.5. The van der Waals surface area contributed by atoms with Gasteiger partial charge in [0, 0.05) is 10.0 Å². The van der Waals surface area contributed by atoms with Crippen LogP contribution in [0.4, 0.5) is 0 Å². The number of hydrogen-bond donors (Lipinski definition) is 1. The summed E-state index contributed by atoms with van der Waals surface area (Å²) in [5.74, 6) is 3.88. The third kappa shape index (κ3) is 5.12. The molecular weight excluding hydrogens is 301 g/mol. The van der Waals surface area contributed by atoms with Crippen molar-refractivity contribution in [3.63, 3.8) is 0 Å². The van der Waals surface area contributed by atoms with E-state index >= 15 is 0 Å². The zero-order chi connectivity index (χ0) is 15.1. The lowest BCUT2D eigenvalue weighted by atomic mass is 10.0. The molecule has 6 heteroatoms. The summed E-state index contributed by atoms with van der Waals surface area (Å²) >= 11 is 11.8. The van der Waals surface area contributed by atoms with Crippen molar-refractivity contribution in [2.75, 3.05) is 7.11 Å². The Morgan fingerprint density at radius 1 is 1.30 bits per heavy atom. The minimum absolute atomic E-state index is 0.0374. The van der Waals surface area contributed by atoms with E-state index in [1.165, 1.54) is 7.11 Å². The van der Waals surface area contributed by atoms with Crippen LogP contribution in [0.25, 0.3) is 0 Å². The number of nitrogens with one attached hydrogen (secondary N) is 1. The van der Waals surface area contributed by atoms with Gasteiger partial charge >= 0.3 is 5.97 Å². The van der Waals surface area contributed by atoms with E-state index in [0.29, 0.717) is 15.6 Å². The molecule has 1 aromatic carbocycles. The summed E-state index contributed by atoms with van der Waals surface area (Å²) < 4.78 is 4.61. The van der Waals surface area contributed by atoms with Crippen molar-refractivity contribution < 1.29 is 14.3 Å². The van der Waals surface area contributed by atoms with Crippen LogP contribution < -0.4 is 5.32 Å². The Bertz CT molecular complexity index is 555. The zero-order valence-electron chi connectivity index (χ0n) is 11.0. The number of rotatable bonds is 4. The SMILES string of the molecule is CC#CC(=O)N[C@@H](CC(=O)OC)c1cc(Cl)cc(Cl)c1. The third-order valence-corrected chi connectivity index (χ3v) is 2.87. The minimum Gasteiger partial charge on any atom is -0.469 e. The molecule has 0 fully saturated rings. The average Bonchev–Trinajstić information content (AvgIpc) is 2.36. The molecule has 0 aromatic heterocycles. The molecule has 0 heterocycles. The second kappa shape index (κ2) is 7.78. The van der Waals surface area contributed by atoms with Gasteiger partial charge in [-0.1, -0.05) is 29.1 Å². The number of ether oxygens (including phenoxy) is 1. The van der Waals surface area contributed by atoms with Crippen LogP contribution in [0.15, 0.2) is 18.2 Å². The molecule has 1 rings (SSSR count). The second-order valence-corrected chi connectivity index (χ2v) is 4.76. The molecule has 1 N–H and O–H groups in total. The highest BCUT2D eigenvalue weighted by Gasteiger charge is 2.19. The molecule has 1 atom stereocenters. The monoisotopic (exact) mass is 313 g/mol. The Hall–Kier alpha value is -1.70. The molecule has 0 spiro atoms. The van der Waals surface area contributed by atoms with E-state index in [0.717, 1.165) is 0 Å². The number of esters is 1. The van der Waals surface area contributed by atoms with Gasteiger partial charge in [-0.25, -0.2) is 0 Å². The van der Waals surface area contributed by atoms with Crippen LogP contribution in [0.5, 0.6) is 0 Å². The Kier molecular flexibility index (Phi) is 6.37. The number of methoxy groups -OCH3 is 1. The predicted octanol–water partition coefficient (Wildman–Crippen LogP) is 2.74. The van der Waals surface area contributed by atoms with E-state index < -0.39 is 17.9 Å². The van der Waals surface area contributed by atoms with Crippen LogP contribution in [0.2, 0.25) is 10.0 Å². The zero-order valence-corrected chi connectivity index (χ0v) is 12.5. The van der Waals surface area contributed by atoms with Gasteiger partial charge in [0.1, 0.15) is 0 Å². The summed E-state index contributed by atoms with van der Waals surface area (Å²) in [6, 6.07) is 4.21. The maximum Gasteiger partial charge on any atom is 0.307 e. The molecular formula is C14H13Cl2NO3. The molecule has 106 valence electrons. The van der Waals surface area contributed by atoms with Crippen molar-refractivity contribution in [2.45, 2.75) is 19.4 Å². The highest BCUT2D eigenvalue weighted by Crippen LogP contribution is 2.25. The van der Waals surface area contributed by atoms with E-state index in [4.69, 9.17) is 23.2 Å². The summed E-state index contributed by atoms with van der Waals surface area (Å²) in [5.41, 5.74) is 0.610. The lowest BCUT2D eigenvalue weighted by molar-refractivity contribution is -0.141. The number of benzene rings is 1. The molecule has 0 saturated carbocycles. The molecule has 0 unspecified atom stereocenters. The van der Waals surface area contributed by atoms with Gasteiger partial charge in [0.05, 0.1) is 19.6 Å². The van der Waals surface area contributed by atoms with Gasteiger partial charge < -0.3 is 10.1 Å². The van der Waals surface area contributed by atoms with E-state index in [9.17, 15) is 9.59 Å². The van der Waals surface area contributed by atoms with Crippen molar-refractivity contribution in [1.82, 2.24) is 5.32 Å². The van der Waals surface area contributed by atoms with Crippen LogP contribution in [0.3, 0.4) is 0 Å². The van der Waals surface area contributed by atoms with E-state index in [1.54, 1.807) is 25.1 Å². The van der Waals surface area contributed by atoms with Gasteiger partial charge in [-0.05, 0) is 36.6 Å². The first kappa shape index (κ1) is 16.4.